The van der Waals surface area contributed by atoms with Crippen molar-refractivity contribution in [2.75, 3.05) is 55.5 Å². The fourth-order valence-corrected chi connectivity index (χ4v) is 3.35. The minimum absolute atomic E-state index is 0.0686. The Hall–Kier alpha value is -3.84. The molecule has 190 valence electrons. The van der Waals surface area contributed by atoms with Gasteiger partial charge in [-0.2, -0.15) is 23.3 Å². The first kappa shape index (κ1) is 25.3. The molecule has 3 N–H and O–H groups in total. The summed E-state index contributed by atoms with van der Waals surface area (Å²) in [6.07, 6.45) is -0.496. The van der Waals surface area contributed by atoms with Crippen LogP contribution >= 0.6 is 0 Å². The molecular formula is C23H24F4N8O. The molecule has 2 aromatic heterocycles. The maximum atomic E-state index is 14.0. The standard InChI is InChI=1S/C23H24F4N8O/c24-20-15-30-22(33-21(20)28-6-7-35-8-10-36-11-9-35)34-31-14-18-4-5-19(13-29-18)32-17-3-1-2-16(12-17)23(25,26)27/h1-5,12-15,32H,6-11H2,(H2,28,30,33,34)/b31-14+. The molecule has 36 heavy (non-hydrogen) atoms. The first-order valence-corrected chi connectivity index (χ1v) is 11.1. The lowest BCUT2D eigenvalue weighted by Gasteiger charge is -2.26. The summed E-state index contributed by atoms with van der Waals surface area (Å²) >= 11 is 0. The van der Waals surface area contributed by atoms with Gasteiger partial charge in [0.25, 0.3) is 0 Å². The zero-order valence-electron chi connectivity index (χ0n) is 19.1. The zero-order valence-corrected chi connectivity index (χ0v) is 19.1. The van der Waals surface area contributed by atoms with E-state index in [9.17, 15) is 17.6 Å². The second-order valence-corrected chi connectivity index (χ2v) is 7.82. The average molecular weight is 504 g/mol. The quantitative estimate of drug-likeness (QED) is 0.229. The molecule has 0 bridgehead atoms. The number of hydrogen-bond acceptors (Lipinski definition) is 9. The largest absolute Gasteiger partial charge is 0.416 e. The van der Waals surface area contributed by atoms with Crippen LogP contribution in [0.5, 0.6) is 0 Å². The van der Waals surface area contributed by atoms with Gasteiger partial charge >= 0.3 is 6.18 Å². The number of alkyl halides is 3. The molecule has 0 unspecified atom stereocenters. The Bertz CT molecular complexity index is 1170. The highest BCUT2D eigenvalue weighted by molar-refractivity contribution is 5.78. The second kappa shape index (κ2) is 11.7. The third kappa shape index (κ3) is 7.33. The maximum Gasteiger partial charge on any atom is 0.416 e. The topological polar surface area (TPSA) is 99.6 Å². The summed E-state index contributed by atoms with van der Waals surface area (Å²) in [4.78, 5) is 14.4. The molecule has 1 aromatic carbocycles. The number of benzene rings is 1. The van der Waals surface area contributed by atoms with Crippen molar-refractivity contribution in [1.29, 1.82) is 0 Å². The van der Waals surface area contributed by atoms with E-state index in [4.69, 9.17) is 4.74 Å². The van der Waals surface area contributed by atoms with Crippen LogP contribution in [-0.2, 0) is 10.9 Å². The zero-order chi connectivity index (χ0) is 25.4. The lowest BCUT2D eigenvalue weighted by Crippen LogP contribution is -2.39. The molecule has 0 saturated carbocycles. The van der Waals surface area contributed by atoms with Gasteiger partial charge in [-0.3, -0.25) is 9.88 Å². The van der Waals surface area contributed by atoms with Crippen molar-refractivity contribution >= 4 is 29.4 Å². The normalized spacial score (nSPS) is 14.7. The summed E-state index contributed by atoms with van der Waals surface area (Å²) in [6, 6.07) is 8.17. The van der Waals surface area contributed by atoms with Gasteiger partial charge in [0.15, 0.2) is 11.6 Å². The van der Waals surface area contributed by atoms with Crippen molar-refractivity contribution in [3.63, 3.8) is 0 Å². The minimum Gasteiger partial charge on any atom is -0.379 e. The molecule has 3 heterocycles. The summed E-state index contributed by atoms with van der Waals surface area (Å²) in [5.74, 6) is -0.402. The van der Waals surface area contributed by atoms with Crippen molar-refractivity contribution in [1.82, 2.24) is 19.9 Å². The van der Waals surface area contributed by atoms with Crippen LogP contribution in [-0.4, -0.2) is 65.5 Å². The molecule has 0 amide bonds. The van der Waals surface area contributed by atoms with Crippen LogP contribution in [0.4, 0.5) is 40.7 Å². The molecule has 0 spiro atoms. The van der Waals surface area contributed by atoms with E-state index >= 15 is 0 Å². The number of pyridine rings is 1. The van der Waals surface area contributed by atoms with Gasteiger partial charge in [0.1, 0.15) is 0 Å². The SMILES string of the molecule is Fc1cnc(N/N=C/c2ccc(Nc3cccc(C(F)(F)F)c3)cn2)nc1NCCN1CCOCC1. The molecule has 0 aliphatic carbocycles. The summed E-state index contributed by atoms with van der Waals surface area (Å²) < 4.78 is 58.0. The summed E-state index contributed by atoms with van der Waals surface area (Å²) in [5.41, 5.74) is 3.16. The first-order valence-electron chi connectivity index (χ1n) is 11.1. The number of hydrogen-bond donors (Lipinski definition) is 3. The van der Waals surface area contributed by atoms with Gasteiger partial charge in [0, 0.05) is 31.9 Å². The van der Waals surface area contributed by atoms with Crippen LogP contribution in [0.25, 0.3) is 0 Å². The molecule has 1 aliphatic heterocycles. The minimum atomic E-state index is -4.42. The highest BCUT2D eigenvalue weighted by Gasteiger charge is 2.30. The van der Waals surface area contributed by atoms with E-state index in [0.29, 0.717) is 31.1 Å². The predicted octanol–water partition coefficient (Wildman–Crippen LogP) is 3.96. The van der Waals surface area contributed by atoms with Crippen LogP contribution in [0.2, 0.25) is 0 Å². The van der Waals surface area contributed by atoms with Crippen molar-refractivity contribution < 1.29 is 22.3 Å². The first-order chi connectivity index (χ1) is 17.4. The van der Waals surface area contributed by atoms with Gasteiger partial charge in [0.05, 0.1) is 48.8 Å². The van der Waals surface area contributed by atoms with Gasteiger partial charge in [-0.25, -0.2) is 14.8 Å². The van der Waals surface area contributed by atoms with Crippen LogP contribution in [0.1, 0.15) is 11.3 Å². The molecule has 3 aromatic rings. The van der Waals surface area contributed by atoms with Crippen LogP contribution in [0.3, 0.4) is 0 Å². The van der Waals surface area contributed by atoms with Gasteiger partial charge in [-0.05, 0) is 30.3 Å². The Morgan fingerprint density at radius 1 is 1.06 bits per heavy atom. The Labute approximate surface area is 204 Å². The molecule has 4 rings (SSSR count). The van der Waals surface area contributed by atoms with E-state index < -0.39 is 17.6 Å². The monoisotopic (exact) mass is 504 g/mol. The highest BCUT2D eigenvalue weighted by Crippen LogP contribution is 2.31. The van der Waals surface area contributed by atoms with Gasteiger partial charge in [-0.15, -0.1) is 0 Å². The third-order valence-electron chi connectivity index (χ3n) is 5.19. The number of morpholine rings is 1. The average Bonchev–Trinajstić information content (AvgIpc) is 2.87. The van der Waals surface area contributed by atoms with Gasteiger partial charge in [-0.1, -0.05) is 6.07 Å². The summed E-state index contributed by atoms with van der Waals surface area (Å²) in [6.45, 7) is 4.31. The lowest BCUT2D eigenvalue weighted by molar-refractivity contribution is -0.137. The Balaban J connectivity index is 1.29. The molecular weight excluding hydrogens is 480 g/mol. The van der Waals surface area contributed by atoms with E-state index in [0.717, 1.165) is 38.0 Å². The number of hydrazone groups is 1. The molecule has 1 saturated heterocycles. The molecule has 0 radical (unpaired) electrons. The smallest absolute Gasteiger partial charge is 0.379 e. The van der Waals surface area contributed by atoms with Crippen molar-refractivity contribution in [3.8, 4) is 0 Å². The second-order valence-electron chi connectivity index (χ2n) is 7.82. The van der Waals surface area contributed by atoms with E-state index in [2.05, 4.69) is 41.0 Å². The van der Waals surface area contributed by atoms with Crippen LogP contribution in [0.15, 0.2) is 53.9 Å². The number of rotatable bonds is 9. The number of ether oxygens (including phenoxy) is 1. The maximum absolute atomic E-state index is 14.0. The fourth-order valence-electron chi connectivity index (χ4n) is 3.35. The van der Waals surface area contributed by atoms with Crippen molar-refractivity contribution in [2.24, 2.45) is 5.10 Å². The van der Waals surface area contributed by atoms with Gasteiger partial charge in [0.2, 0.25) is 5.95 Å². The Kier molecular flexibility index (Phi) is 8.23. The van der Waals surface area contributed by atoms with E-state index in [1.165, 1.54) is 24.5 Å². The van der Waals surface area contributed by atoms with Crippen molar-refractivity contribution in [3.05, 3.63) is 65.9 Å². The lowest BCUT2D eigenvalue weighted by atomic mass is 10.2. The number of halogens is 4. The number of aromatic nitrogens is 3. The molecule has 1 aliphatic rings. The molecule has 0 atom stereocenters. The van der Waals surface area contributed by atoms with E-state index in [-0.39, 0.29) is 17.5 Å². The van der Waals surface area contributed by atoms with E-state index in [1.54, 1.807) is 12.1 Å². The number of nitrogens with zero attached hydrogens (tertiary/aromatic N) is 5. The highest BCUT2D eigenvalue weighted by atomic mass is 19.4. The third-order valence-corrected chi connectivity index (χ3v) is 5.19. The number of nitrogens with one attached hydrogen (secondary N) is 3. The predicted molar refractivity (Wildman–Crippen MR) is 128 cm³/mol. The summed E-state index contributed by atoms with van der Waals surface area (Å²) in [7, 11) is 0. The van der Waals surface area contributed by atoms with Crippen LogP contribution in [0, 0.1) is 5.82 Å². The molecule has 9 nitrogen and oxygen atoms in total. The fraction of sp³-hybridized carbons (Fsp3) is 0.304. The van der Waals surface area contributed by atoms with Gasteiger partial charge < -0.3 is 15.4 Å². The Morgan fingerprint density at radius 3 is 2.64 bits per heavy atom. The van der Waals surface area contributed by atoms with E-state index in [1.807, 2.05) is 0 Å². The Morgan fingerprint density at radius 2 is 1.89 bits per heavy atom. The molecule has 13 heteroatoms. The molecule has 1 fully saturated rings. The van der Waals surface area contributed by atoms with Crippen LogP contribution < -0.4 is 16.1 Å². The summed E-state index contributed by atoms with van der Waals surface area (Å²) in [5, 5.41) is 9.85. The van der Waals surface area contributed by atoms with Crippen molar-refractivity contribution in [2.45, 2.75) is 6.18 Å². The number of anilines is 4.